The number of carbonyl (C=O) groups is 3. The molecule has 0 fully saturated rings. The SMILES string of the molecule is C[C@@H]1CCCCO[C@@H](CN(C)C(=O)Nc2ccc(F)cc2)[C@H](C)CN([C@H](C)CO)C(=O)c2cc(NC(=O)Nc3cccc4ccccc34)ccc2O1. The Morgan fingerprint density at radius 2 is 1.69 bits per heavy atom. The number of fused-ring (bicyclic) bond motifs is 2. The summed E-state index contributed by atoms with van der Waals surface area (Å²) in [4.78, 5) is 43.8. The van der Waals surface area contributed by atoms with Crippen LogP contribution in [0.1, 0.15) is 50.4 Å². The summed E-state index contributed by atoms with van der Waals surface area (Å²) >= 11 is 0. The second kappa shape index (κ2) is 17.8. The maximum Gasteiger partial charge on any atom is 0.323 e. The summed E-state index contributed by atoms with van der Waals surface area (Å²) in [7, 11) is 1.65. The quantitative estimate of drug-likeness (QED) is 0.156. The highest BCUT2D eigenvalue weighted by Crippen LogP contribution is 2.29. The number of nitrogens with one attached hydrogen (secondary N) is 3. The molecule has 276 valence electrons. The number of ether oxygens (including phenoxy) is 2. The smallest absolute Gasteiger partial charge is 0.323 e. The van der Waals surface area contributed by atoms with Gasteiger partial charge in [0.1, 0.15) is 11.6 Å². The van der Waals surface area contributed by atoms with Crippen LogP contribution in [0.25, 0.3) is 10.8 Å². The third-order valence-corrected chi connectivity index (χ3v) is 9.24. The summed E-state index contributed by atoms with van der Waals surface area (Å²) in [6.45, 7) is 6.23. The molecule has 5 rings (SSSR count). The fourth-order valence-corrected chi connectivity index (χ4v) is 6.19. The molecule has 0 radical (unpaired) electrons. The molecule has 4 aromatic rings. The normalized spacial score (nSPS) is 19.1. The van der Waals surface area contributed by atoms with Crippen LogP contribution >= 0.6 is 0 Å². The van der Waals surface area contributed by atoms with Crippen molar-refractivity contribution in [3.63, 3.8) is 0 Å². The largest absolute Gasteiger partial charge is 0.490 e. The fourth-order valence-electron chi connectivity index (χ4n) is 6.19. The van der Waals surface area contributed by atoms with Gasteiger partial charge < -0.3 is 40.3 Å². The maximum absolute atomic E-state index is 14.5. The summed E-state index contributed by atoms with van der Waals surface area (Å²) in [5, 5.41) is 20.7. The number of carbonyl (C=O) groups excluding carboxylic acids is 3. The Balaban J connectivity index is 1.37. The summed E-state index contributed by atoms with van der Waals surface area (Å²) in [5.41, 5.74) is 1.74. The lowest BCUT2D eigenvalue weighted by atomic mass is 10.0. The van der Waals surface area contributed by atoms with Crippen LogP contribution in [0.15, 0.2) is 84.9 Å². The van der Waals surface area contributed by atoms with Crippen molar-refractivity contribution in [1.29, 1.82) is 0 Å². The molecule has 52 heavy (non-hydrogen) atoms. The Morgan fingerprint density at radius 3 is 2.46 bits per heavy atom. The first-order chi connectivity index (χ1) is 25.0. The number of hydrogen-bond donors (Lipinski definition) is 4. The zero-order valence-electron chi connectivity index (χ0n) is 30.1. The van der Waals surface area contributed by atoms with Crippen molar-refractivity contribution < 1.29 is 33.4 Å². The van der Waals surface area contributed by atoms with Crippen molar-refractivity contribution in [2.75, 3.05) is 49.3 Å². The van der Waals surface area contributed by atoms with Crippen LogP contribution in [-0.4, -0.2) is 84.5 Å². The van der Waals surface area contributed by atoms with E-state index in [-0.39, 0.29) is 49.2 Å². The standard InChI is InChI=1S/C40H48FN5O6/c1-26-23-46(27(2)25-47)38(48)34-22-32(42-39(49)44-35-14-9-12-29-11-5-6-13-33(29)35)19-20-36(34)52-28(3)10-7-8-21-51-37(26)24-45(4)40(50)43-31-17-15-30(41)16-18-31/h5-6,9,11-20,22,26-28,37,47H,7-8,10,21,23-25H2,1-4H3,(H,43,50)(H2,42,44,49)/t26-,27-,28-,37+/m1/s1. The number of urea groups is 2. The fraction of sp³-hybridized carbons (Fsp3) is 0.375. The van der Waals surface area contributed by atoms with Gasteiger partial charge in [0, 0.05) is 49.4 Å². The number of aliphatic hydroxyl groups is 1. The first-order valence-electron chi connectivity index (χ1n) is 17.7. The molecule has 4 atom stereocenters. The Labute approximate surface area is 304 Å². The molecule has 0 aromatic heterocycles. The average Bonchev–Trinajstić information content (AvgIpc) is 3.13. The molecular weight excluding hydrogens is 665 g/mol. The van der Waals surface area contributed by atoms with E-state index in [0.29, 0.717) is 35.8 Å². The highest BCUT2D eigenvalue weighted by Gasteiger charge is 2.31. The molecule has 0 unspecified atom stereocenters. The number of benzene rings is 4. The van der Waals surface area contributed by atoms with Crippen molar-refractivity contribution in [1.82, 2.24) is 9.80 Å². The van der Waals surface area contributed by atoms with E-state index in [1.165, 1.54) is 29.2 Å². The van der Waals surface area contributed by atoms with E-state index >= 15 is 0 Å². The molecule has 4 N–H and O–H groups in total. The lowest BCUT2D eigenvalue weighted by Gasteiger charge is -2.35. The average molecular weight is 714 g/mol. The molecule has 0 bridgehead atoms. The van der Waals surface area contributed by atoms with Crippen LogP contribution in [0.3, 0.4) is 0 Å². The van der Waals surface area contributed by atoms with Crippen LogP contribution in [0.4, 0.5) is 31.0 Å². The molecule has 12 heteroatoms. The van der Waals surface area contributed by atoms with Crippen molar-refractivity contribution in [2.45, 2.75) is 58.3 Å². The van der Waals surface area contributed by atoms with Crippen LogP contribution in [0, 0.1) is 11.7 Å². The lowest BCUT2D eigenvalue weighted by molar-refractivity contribution is -0.0115. The van der Waals surface area contributed by atoms with Crippen LogP contribution in [0.2, 0.25) is 0 Å². The van der Waals surface area contributed by atoms with E-state index < -0.39 is 24.0 Å². The van der Waals surface area contributed by atoms with E-state index in [1.807, 2.05) is 56.3 Å². The predicted octanol–water partition coefficient (Wildman–Crippen LogP) is 7.58. The van der Waals surface area contributed by atoms with E-state index in [2.05, 4.69) is 16.0 Å². The molecule has 1 aliphatic heterocycles. The van der Waals surface area contributed by atoms with Gasteiger partial charge in [0.2, 0.25) is 0 Å². The van der Waals surface area contributed by atoms with Crippen molar-refractivity contribution in [3.05, 3.63) is 96.3 Å². The molecule has 11 nitrogen and oxygen atoms in total. The van der Waals surface area contributed by atoms with E-state index in [0.717, 1.165) is 23.6 Å². The van der Waals surface area contributed by atoms with E-state index in [9.17, 15) is 23.9 Å². The maximum atomic E-state index is 14.5. The van der Waals surface area contributed by atoms with Gasteiger partial charge >= 0.3 is 12.1 Å². The van der Waals surface area contributed by atoms with Crippen molar-refractivity contribution in [2.24, 2.45) is 5.92 Å². The number of nitrogens with zero attached hydrogens (tertiary/aromatic N) is 2. The predicted molar refractivity (Wildman–Crippen MR) is 202 cm³/mol. The second-order valence-electron chi connectivity index (χ2n) is 13.4. The Bertz CT molecular complexity index is 1830. The van der Waals surface area contributed by atoms with Crippen LogP contribution in [0.5, 0.6) is 5.75 Å². The summed E-state index contributed by atoms with van der Waals surface area (Å²) in [6, 6.07) is 22.5. The molecule has 0 saturated heterocycles. The zero-order valence-corrected chi connectivity index (χ0v) is 30.1. The van der Waals surface area contributed by atoms with Gasteiger partial charge in [-0.15, -0.1) is 0 Å². The highest BCUT2D eigenvalue weighted by molar-refractivity contribution is 6.07. The molecule has 4 aromatic carbocycles. The number of amides is 5. The van der Waals surface area contributed by atoms with Gasteiger partial charge in [0.25, 0.3) is 5.91 Å². The molecule has 5 amide bonds. The molecule has 0 spiro atoms. The third-order valence-electron chi connectivity index (χ3n) is 9.24. The van der Waals surface area contributed by atoms with Crippen molar-refractivity contribution >= 4 is 45.8 Å². The highest BCUT2D eigenvalue weighted by atomic mass is 19.1. The monoisotopic (exact) mass is 713 g/mol. The molecule has 0 saturated carbocycles. The van der Waals surface area contributed by atoms with Gasteiger partial charge in [-0.2, -0.15) is 0 Å². The molecule has 1 aliphatic rings. The minimum Gasteiger partial charge on any atom is -0.490 e. The van der Waals surface area contributed by atoms with Gasteiger partial charge in [-0.05, 0) is 87.0 Å². The van der Waals surface area contributed by atoms with Crippen LogP contribution in [-0.2, 0) is 4.74 Å². The minimum absolute atomic E-state index is 0.201. The molecular formula is C40H48FN5O6. The first kappa shape index (κ1) is 38.0. The van der Waals surface area contributed by atoms with Gasteiger partial charge in [-0.1, -0.05) is 43.3 Å². The topological polar surface area (TPSA) is 132 Å². The van der Waals surface area contributed by atoms with E-state index in [4.69, 9.17) is 9.47 Å². The minimum atomic E-state index is -0.570. The number of halogens is 1. The number of anilines is 3. The molecule has 0 aliphatic carbocycles. The van der Waals surface area contributed by atoms with Gasteiger partial charge in [0.15, 0.2) is 0 Å². The number of likely N-dealkylation sites (N-methyl/N-ethyl adjacent to an activating group) is 1. The van der Waals surface area contributed by atoms with Crippen molar-refractivity contribution in [3.8, 4) is 5.75 Å². The van der Waals surface area contributed by atoms with Gasteiger partial charge in [-0.25, -0.2) is 14.0 Å². The lowest BCUT2D eigenvalue weighted by Crippen LogP contribution is -2.48. The summed E-state index contributed by atoms with van der Waals surface area (Å²) in [5.74, 6) is -0.671. The van der Waals surface area contributed by atoms with Crippen LogP contribution < -0.4 is 20.7 Å². The van der Waals surface area contributed by atoms with Gasteiger partial charge in [-0.3, -0.25) is 4.79 Å². The second-order valence-corrected chi connectivity index (χ2v) is 13.4. The Morgan fingerprint density at radius 1 is 0.962 bits per heavy atom. The zero-order chi connectivity index (χ0) is 37.2. The number of rotatable bonds is 7. The Hall–Kier alpha value is -5.20. The van der Waals surface area contributed by atoms with Gasteiger partial charge in [0.05, 0.1) is 36.1 Å². The third kappa shape index (κ3) is 9.98. The summed E-state index contributed by atoms with van der Waals surface area (Å²) < 4.78 is 26.1. The Kier molecular flexibility index (Phi) is 13.0. The number of aliphatic hydroxyl groups excluding tert-OH is 1. The summed E-state index contributed by atoms with van der Waals surface area (Å²) in [6.07, 6.45) is 1.62. The number of hydrogen-bond acceptors (Lipinski definition) is 6. The van der Waals surface area contributed by atoms with E-state index in [1.54, 1.807) is 37.1 Å². The first-order valence-corrected chi connectivity index (χ1v) is 17.7. The molecule has 1 heterocycles.